The third kappa shape index (κ3) is 12.1. The Balaban J connectivity index is 0.891. The van der Waals surface area contributed by atoms with E-state index >= 15 is 0 Å². The molecule has 16 rings (SSSR count). The van der Waals surface area contributed by atoms with Gasteiger partial charge in [0, 0.05) is 65.5 Å². The number of furan rings is 3. The van der Waals surface area contributed by atoms with Gasteiger partial charge in [0.05, 0.1) is 5.69 Å². The summed E-state index contributed by atoms with van der Waals surface area (Å²) >= 11 is 0. The molecule has 3 aliphatic rings. The number of hydrogen-bond acceptors (Lipinski definition) is 4. The first-order valence-electron chi connectivity index (χ1n) is 41.1. The minimum absolute atomic E-state index is 0.105. The van der Waals surface area contributed by atoms with Crippen LogP contribution in [0.15, 0.2) is 183 Å². The molecule has 4 nitrogen and oxygen atoms in total. The normalized spacial score (nSPS) is 14.4. The number of aryl methyl sites for hydroxylation is 3. The molecule has 0 fully saturated rings. The van der Waals surface area contributed by atoms with Crippen molar-refractivity contribution in [2.24, 2.45) is 0 Å². The molecule has 3 aromatic heterocycles. The van der Waals surface area contributed by atoms with E-state index < -0.39 is 0 Å². The van der Waals surface area contributed by atoms with Crippen molar-refractivity contribution in [1.82, 2.24) is 0 Å². The molecule has 0 unspecified atom stereocenters. The van der Waals surface area contributed by atoms with E-state index in [1.807, 2.05) is 0 Å². The number of fused-ring (bicyclic) bond motifs is 20. The standard InChI is InChI=1S/C100H111NO3/c1-10-14-18-22-26-36-54-99(55-37-27-23-19-15-11-2)81-52-53-90-94(76-41-31-34-44-88(76)102-90)93(81)80-65-84-79(64-85(80)99)72-50-47-71(62-83(72)100(84,56-38-28-24-20-16-12-3)57-39-29-25-21-17-13-4)101(96-67(6)58-66(5)59-68(96)7)70-48-51-75-82(61-70)98(8,9)86-63-78(97-95(92(75)86)77-42-32-35-45-89(77)104-97)69-46-49-74-73-40-30-33-43-87(73)103-91(74)60-69/h30-35,40-53,58-65H,10-29,36-39,54-57H2,1-9H3. The highest BCUT2D eigenvalue weighted by Gasteiger charge is 2.49. The first-order chi connectivity index (χ1) is 50.9. The van der Waals surface area contributed by atoms with Crippen molar-refractivity contribution < 1.29 is 13.3 Å². The van der Waals surface area contributed by atoms with Gasteiger partial charge < -0.3 is 18.2 Å². The minimum Gasteiger partial charge on any atom is -0.456 e. The molecular weight excluding hydrogens is 1260 g/mol. The lowest BCUT2D eigenvalue weighted by Gasteiger charge is -2.35. The Morgan fingerprint density at radius 3 is 1.35 bits per heavy atom. The number of unbranched alkanes of at least 4 members (excludes halogenated alkanes) is 20. The van der Waals surface area contributed by atoms with E-state index in [-0.39, 0.29) is 16.2 Å². The maximum atomic E-state index is 7.10. The van der Waals surface area contributed by atoms with Gasteiger partial charge in [-0.05, 0) is 209 Å². The first-order valence-corrected chi connectivity index (χ1v) is 41.1. The van der Waals surface area contributed by atoms with Gasteiger partial charge in [-0.15, -0.1) is 0 Å². The van der Waals surface area contributed by atoms with Crippen LogP contribution in [-0.4, -0.2) is 0 Å². The summed E-state index contributed by atoms with van der Waals surface area (Å²) in [6.45, 7) is 21.3. The molecule has 13 aromatic rings. The zero-order valence-corrected chi connectivity index (χ0v) is 64.1. The van der Waals surface area contributed by atoms with Crippen LogP contribution in [-0.2, 0) is 16.2 Å². The second-order valence-corrected chi connectivity index (χ2v) is 32.8. The maximum absolute atomic E-state index is 7.10. The Hall–Kier alpha value is -8.60. The summed E-state index contributed by atoms with van der Waals surface area (Å²) in [5, 5.41) is 7.18. The number of benzene rings is 10. The van der Waals surface area contributed by atoms with Crippen molar-refractivity contribution in [3.63, 3.8) is 0 Å². The van der Waals surface area contributed by atoms with Gasteiger partial charge in [0.2, 0.25) is 0 Å². The Kier molecular flexibility index (Phi) is 19.7. The van der Waals surface area contributed by atoms with Crippen LogP contribution >= 0.6 is 0 Å². The Bertz CT molecular complexity index is 5270. The maximum Gasteiger partial charge on any atom is 0.143 e. The number of anilines is 3. The number of rotatable bonds is 32. The van der Waals surface area contributed by atoms with E-state index in [2.05, 4.69) is 237 Å². The molecule has 3 aliphatic carbocycles. The van der Waals surface area contributed by atoms with Crippen LogP contribution in [0.25, 0.3) is 110 Å². The van der Waals surface area contributed by atoms with Gasteiger partial charge in [-0.3, -0.25) is 0 Å². The molecule has 0 N–H and O–H groups in total. The van der Waals surface area contributed by atoms with E-state index in [0.717, 1.165) is 73.6 Å². The quantitative estimate of drug-likeness (QED) is 0.0394. The number of hydrogen-bond donors (Lipinski definition) is 0. The smallest absolute Gasteiger partial charge is 0.143 e. The highest BCUT2D eigenvalue weighted by atomic mass is 16.3. The minimum atomic E-state index is -0.371. The molecule has 0 bridgehead atoms. The summed E-state index contributed by atoms with van der Waals surface area (Å²) < 4.78 is 20.6. The van der Waals surface area contributed by atoms with Crippen molar-refractivity contribution in [1.29, 1.82) is 0 Å². The molecule has 104 heavy (non-hydrogen) atoms. The largest absolute Gasteiger partial charge is 0.456 e. The van der Waals surface area contributed by atoms with Crippen LogP contribution in [0.5, 0.6) is 0 Å². The van der Waals surface area contributed by atoms with Gasteiger partial charge >= 0.3 is 0 Å². The molecule has 0 atom stereocenters. The van der Waals surface area contributed by atoms with Crippen LogP contribution in [0.2, 0.25) is 0 Å². The fourth-order valence-corrected chi connectivity index (χ4v) is 20.3. The molecule has 0 amide bonds. The van der Waals surface area contributed by atoms with E-state index in [1.54, 1.807) is 22.3 Å². The van der Waals surface area contributed by atoms with E-state index in [4.69, 9.17) is 13.3 Å². The van der Waals surface area contributed by atoms with Crippen LogP contribution < -0.4 is 4.90 Å². The molecule has 3 heterocycles. The SMILES string of the molecule is CCCCCCCCC1(CCCCCCCC)c2cc(N(c3ccc4c(c3)C(C)(C)c3cc(-c5ccc6c(c5)oc5ccccc56)c5oc6ccccc6c5c3-4)c3c(C)cc(C)cc3C)ccc2-c2cc3c(cc21)-c1c(ccc2oc4ccccc4c12)C3(CCCCCCCC)CCCCCCCC. The lowest BCUT2D eigenvalue weighted by atomic mass is 9.68. The second-order valence-electron chi connectivity index (χ2n) is 32.8. The van der Waals surface area contributed by atoms with Gasteiger partial charge in [0.25, 0.3) is 0 Å². The van der Waals surface area contributed by atoms with Crippen molar-refractivity contribution >= 4 is 82.9 Å². The van der Waals surface area contributed by atoms with Gasteiger partial charge in [-0.1, -0.05) is 292 Å². The first kappa shape index (κ1) is 69.8. The third-order valence-electron chi connectivity index (χ3n) is 25.5. The average Bonchev–Trinajstić information content (AvgIpc) is 1.53. The molecule has 0 aliphatic heterocycles. The van der Waals surface area contributed by atoms with Gasteiger partial charge in [-0.25, -0.2) is 0 Å². The molecule has 0 spiro atoms. The fourth-order valence-electron chi connectivity index (χ4n) is 20.3. The lowest BCUT2D eigenvalue weighted by molar-refractivity contribution is 0.394. The summed E-state index contributed by atoms with van der Waals surface area (Å²) in [5.74, 6) is 0. The van der Waals surface area contributed by atoms with Crippen molar-refractivity contribution in [2.75, 3.05) is 4.90 Å². The fraction of sp³-hybridized carbons (Fsp3) is 0.400. The average molecular weight is 1370 g/mol. The zero-order valence-electron chi connectivity index (χ0n) is 64.1. The highest BCUT2D eigenvalue weighted by molar-refractivity contribution is 6.20. The number of para-hydroxylation sites is 3. The Labute approximate surface area is 620 Å². The van der Waals surface area contributed by atoms with E-state index in [9.17, 15) is 0 Å². The Morgan fingerprint density at radius 2 is 0.750 bits per heavy atom. The second kappa shape index (κ2) is 29.4. The lowest BCUT2D eigenvalue weighted by Crippen LogP contribution is -2.27. The third-order valence-corrected chi connectivity index (χ3v) is 25.5. The monoisotopic (exact) mass is 1370 g/mol. The summed E-state index contributed by atoms with van der Waals surface area (Å²) in [5.41, 5.74) is 32.1. The summed E-state index contributed by atoms with van der Waals surface area (Å²) in [6.07, 6.45) is 35.5. The van der Waals surface area contributed by atoms with Gasteiger partial charge in [-0.2, -0.15) is 0 Å². The van der Waals surface area contributed by atoms with E-state index in [0.29, 0.717) is 0 Å². The van der Waals surface area contributed by atoms with Gasteiger partial charge in [0.15, 0.2) is 0 Å². The predicted molar refractivity (Wildman–Crippen MR) is 445 cm³/mol. The molecule has 4 heteroatoms. The van der Waals surface area contributed by atoms with Crippen LogP contribution in [0.3, 0.4) is 0 Å². The zero-order chi connectivity index (χ0) is 71.3. The van der Waals surface area contributed by atoms with Crippen LogP contribution in [0.1, 0.15) is 271 Å². The summed E-state index contributed by atoms with van der Waals surface area (Å²) in [7, 11) is 0. The molecule has 0 saturated heterocycles. The highest BCUT2D eigenvalue weighted by Crippen LogP contribution is 2.64. The molecule has 0 saturated carbocycles. The summed E-state index contributed by atoms with van der Waals surface area (Å²) in [4.78, 5) is 2.69. The van der Waals surface area contributed by atoms with E-state index in [1.165, 1.54) is 261 Å². The molecule has 0 radical (unpaired) electrons. The molecule has 10 aromatic carbocycles. The summed E-state index contributed by atoms with van der Waals surface area (Å²) in [6, 6.07) is 66.1. The van der Waals surface area contributed by atoms with Crippen molar-refractivity contribution in [3.05, 3.63) is 220 Å². The van der Waals surface area contributed by atoms with Gasteiger partial charge in [0.1, 0.15) is 33.5 Å². The molecular formula is C100H111NO3. The predicted octanol–water partition coefficient (Wildman–Crippen LogP) is 31.3. The topological polar surface area (TPSA) is 42.7 Å². The van der Waals surface area contributed by atoms with Crippen molar-refractivity contribution in [3.8, 4) is 44.5 Å². The van der Waals surface area contributed by atoms with Crippen LogP contribution in [0.4, 0.5) is 17.1 Å². The number of nitrogens with zero attached hydrogens (tertiary/aromatic N) is 1. The molecule has 534 valence electrons. The Morgan fingerprint density at radius 1 is 0.308 bits per heavy atom. The van der Waals surface area contributed by atoms with Crippen LogP contribution in [0, 0.1) is 20.8 Å². The van der Waals surface area contributed by atoms with Crippen molar-refractivity contribution in [2.45, 2.75) is 258 Å².